The second-order valence-corrected chi connectivity index (χ2v) is 8.26. The molecule has 0 radical (unpaired) electrons. The van der Waals surface area contributed by atoms with Gasteiger partial charge in [-0.3, -0.25) is 0 Å². The number of nitrogens with one attached hydrogen (secondary N) is 1. The molecule has 9 rings (SSSR count). The maximum Gasteiger partial charge on any atom is 0.0289 e. The third-order valence-corrected chi connectivity index (χ3v) is 8.32. The molecule has 7 aliphatic carbocycles. The van der Waals surface area contributed by atoms with Gasteiger partial charge in [-0.1, -0.05) is 6.92 Å². The van der Waals surface area contributed by atoms with Gasteiger partial charge < -0.3 is 5.32 Å². The summed E-state index contributed by atoms with van der Waals surface area (Å²) in [5.74, 6) is 6.75. The van der Waals surface area contributed by atoms with Gasteiger partial charge in [0.2, 0.25) is 0 Å². The zero-order valence-electron chi connectivity index (χ0n) is 10.1. The molecule has 1 spiro atoms. The lowest BCUT2D eigenvalue weighted by Crippen LogP contribution is -2.93. The Morgan fingerprint density at radius 3 is 2.94 bits per heavy atom. The first-order valence-electron chi connectivity index (χ1n) is 7.51. The van der Waals surface area contributed by atoms with Crippen molar-refractivity contribution >= 4 is 0 Å². The Bertz CT molecular complexity index is 408. The summed E-state index contributed by atoms with van der Waals surface area (Å²) in [5.41, 5.74) is 1.37. The summed E-state index contributed by atoms with van der Waals surface area (Å²) in [5, 5.41) is 4.12. The van der Waals surface area contributed by atoms with Crippen LogP contribution in [-0.4, -0.2) is 11.6 Å². The average Bonchev–Trinajstić information content (AvgIpc) is 2.24. The highest BCUT2D eigenvalue weighted by Crippen LogP contribution is 2.80. The van der Waals surface area contributed by atoms with Crippen LogP contribution in [0.3, 0.4) is 0 Å². The topological polar surface area (TPSA) is 12.0 Å². The first kappa shape index (κ1) is 8.13. The maximum atomic E-state index is 4.12. The van der Waals surface area contributed by atoms with Crippen molar-refractivity contribution in [1.29, 1.82) is 0 Å². The lowest BCUT2D eigenvalue weighted by molar-refractivity contribution is -0.336. The molecule has 1 nitrogen and oxygen atoms in total. The molecule has 0 aromatic carbocycles. The quantitative estimate of drug-likeness (QED) is 0.654. The van der Waals surface area contributed by atoms with Gasteiger partial charge in [-0.15, -0.1) is 0 Å². The fraction of sp³-hybridized carbons (Fsp3) is 1.00. The molecule has 16 heavy (non-hydrogen) atoms. The highest BCUT2D eigenvalue weighted by molar-refractivity contribution is 5.35. The summed E-state index contributed by atoms with van der Waals surface area (Å²) in [6.07, 6.45) is 7.96. The van der Waals surface area contributed by atoms with Gasteiger partial charge in [-0.25, -0.2) is 0 Å². The van der Waals surface area contributed by atoms with Gasteiger partial charge >= 0.3 is 0 Å². The minimum absolute atomic E-state index is 0.654. The highest BCUT2D eigenvalue weighted by atomic mass is 15.2. The van der Waals surface area contributed by atoms with E-state index in [0.717, 1.165) is 41.5 Å². The molecule has 86 valence electrons. The molecule has 9 fully saturated rings. The Balaban J connectivity index is 1.69. The second kappa shape index (κ2) is 1.92. The van der Waals surface area contributed by atoms with Crippen molar-refractivity contribution in [2.24, 2.45) is 40.9 Å². The molecule has 2 aliphatic heterocycles. The van der Waals surface area contributed by atoms with Crippen molar-refractivity contribution in [2.45, 2.75) is 50.6 Å². The molecule has 1 heteroatoms. The molecule has 9 aliphatic rings. The molecular weight excluding hydrogens is 194 g/mol. The molecule has 9 unspecified atom stereocenters. The largest absolute Gasteiger partial charge is 0.307 e. The van der Waals surface area contributed by atoms with E-state index in [4.69, 9.17) is 0 Å². The van der Waals surface area contributed by atoms with Crippen LogP contribution in [0.1, 0.15) is 39.0 Å². The van der Waals surface area contributed by atoms with E-state index >= 15 is 0 Å². The third kappa shape index (κ3) is 0.508. The Hall–Kier alpha value is -0.0400. The maximum absolute atomic E-state index is 4.12. The standard InChI is InChI=1S/C15H21N/c1-14-6-8-4-9-10-2-7(3-11(9)14)5-15(14)12(10)13(8)16-15/h7-13,16H,2-6H2,1H3. The van der Waals surface area contributed by atoms with Gasteiger partial charge in [-0.05, 0) is 73.0 Å². The van der Waals surface area contributed by atoms with Crippen LogP contribution in [0, 0.1) is 40.9 Å². The minimum Gasteiger partial charge on any atom is -0.307 e. The summed E-state index contributed by atoms with van der Waals surface area (Å²) in [6.45, 7) is 2.67. The lowest BCUT2D eigenvalue weighted by Gasteiger charge is -2.86. The van der Waals surface area contributed by atoms with E-state index in [0.29, 0.717) is 11.0 Å². The van der Waals surface area contributed by atoms with E-state index in [9.17, 15) is 0 Å². The smallest absolute Gasteiger partial charge is 0.0289 e. The van der Waals surface area contributed by atoms with Crippen LogP contribution in [0.4, 0.5) is 0 Å². The van der Waals surface area contributed by atoms with Gasteiger partial charge in [0, 0.05) is 11.6 Å². The Morgan fingerprint density at radius 1 is 1.06 bits per heavy atom. The molecule has 0 aromatic rings. The van der Waals surface area contributed by atoms with E-state index in [-0.39, 0.29) is 0 Å². The van der Waals surface area contributed by atoms with Crippen LogP contribution >= 0.6 is 0 Å². The van der Waals surface area contributed by atoms with E-state index in [2.05, 4.69) is 12.2 Å². The Kier molecular flexibility index (Phi) is 0.976. The first-order chi connectivity index (χ1) is 7.73. The molecule has 0 aromatic heterocycles. The van der Waals surface area contributed by atoms with Crippen molar-refractivity contribution in [1.82, 2.24) is 5.32 Å². The van der Waals surface area contributed by atoms with Gasteiger partial charge in [0.15, 0.2) is 0 Å². The zero-order valence-corrected chi connectivity index (χ0v) is 10.1. The van der Waals surface area contributed by atoms with E-state index in [1.165, 1.54) is 0 Å². The van der Waals surface area contributed by atoms with Crippen LogP contribution in [0.25, 0.3) is 0 Å². The van der Waals surface area contributed by atoms with Crippen LogP contribution in [0.15, 0.2) is 0 Å². The first-order valence-corrected chi connectivity index (χ1v) is 7.51. The van der Waals surface area contributed by atoms with Gasteiger partial charge in [-0.2, -0.15) is 0 Å². The number of piperidine rings is 1. The number of hydrogen-bond acceptors (Lipinski definition) is 1. The molecule has 9 atom stereocenters. The zero-order chi connectivity index (χ0) is 10.3. The van der Waals surface area contributed by atoms with Crippen molar-refractivity contribution < 1.29 is 0 Å². The second-order valence-electron chi connectivity index (χ2n) is 8.26. The summed E-state index contributed by atoms with van der Waals surface area (Å²) in [4.78, 5) is 0. The molecule has 2 heterocycles. The van der Waals surface area contributed by atoms with E-state index in [1.807, 2.05) is 0 Å². The van der Waals surface area contributed by atoms with Crippen molar-refractivity contribution in [3.63, 3.8) is 0 Å². The van der Waals surface area contributed by atoms with Gasteiger partial charge in [0.1, 0.15) is 0 Å². The van der Waals surface area contributed by atoms with Gasteiger partial charge in [0.05, 0.1) is 0 Å². The number of hydrogen-bond donors (Lipinski definition) is 1. The van der Waals surface area contributed by atoms with Crippen molar-refractivity contribution in [2.75, 3.05) is 0 Å². The number of rotatable bonds is 0. The Morgan fingerprint density at radius 2 is 2.00 bits per heavy atom. The molecule has 1 N–H and O–H groups in total. The van der Waals surface area contributed by atoms with Crippen LogP contribution < -0.4 is 5.32 Å². The molecule has 2 saturated heterocycles. The molecule has 9 bridgehead atoms. The van der Waals surface area contributed by atoms with Crippen LogP contribution in [-0.2, 0) is 0 Å². The van der Waals surface area contributed by atoms with Crippen molar-refractivity contribution in [3.05, 3.63) is 0 Å². The minimum atomic E-state index is 0.654. The predicted octanol–water partition coefficient (Wildman–Crippen LogP) is 2.42. The molecule has 0 amide bonds. The third-order valence-electron chi connectivity index (χ3n) is 8.32. The van der Waals surface area contributed by atoms with E-state index < -0.39 is 0 Å². The summed E-state index contributed by atoms with van der Waals surface area (Å²) < 4.78 is 0. The predicted molar refractivity (Wildman–Crippen MR) is 61.8 cm³/mol. The lowest BCUT2D eigenvalue weighted by atomic mass is 9.24. The SMILES string of the molecule is CC12CC3CC4C5CC(CC41)CC21NC3C51. The summed E-state index contributed by atoms with van der Waals surface area (Å²) in [7, 11) is 0. The average molecular weight is 215 g/mol. The van der Waals surface area contributed by atoms with Crippen LogP contribution in [0.5, 0.6) is 0 Å². The molecule has 7 saturated carbocycles. The molecular formula is C15H21N. The van der Waals surface area contributed by atoms with Gasteiger partial charge in [0.25, 0.3) is 0 Å². The fourth-order valence-corrected chi connectivity index (χ4v) is 8.22. The summed E-state index contributed by atoms with van der Waals surface area (Å²) in [6, 6.07) is 0.967. The summed E-state index contributed by atoms with van der Waals surface area (Å²) >= 11 is 0. The highest BCUT2D eigenvalue weighted by Gasteiger charge is 2.82. The Labute approximate surface area is 97.4 Å². The monoisotopic (exact) mass is 215 g/mol. The van der Waals surface area contributed by atoms with E-state index in [1.54, 1.807) is 32.1 Å². The normalized spacial score (nSPS) is 80.4. The van der Waals surface area contributed by atoms with Crippen LogP contribution in [0.2, 0.25) is 0 Å². The fourth-order valence-electron chi connectivity index (χ4n) is 8.22. The van der Waals surface area contributed by atoms with Crippen molar-refractivity contribution in [3.8, 4) is 0 Å².